The summed E-state index contributed by atoms with van der Waals surface area (Å²) >= 11 is 0. The van der Waals surface area contributed by atoms with Gasteiger partial charge in [-0.1, -0.05) is 34.6 Å². The number of nitrogens with zero attached hydrogens (tertiary/aromatic N) is 1. The molecule has 0 aliphatic heterocycles. The molecule has 33 heavy (non-hydrogen) atoms. The van der Waals surface area contributed by atoms with E-state index in [4.69, 9.17) is 0 Å². The van der Waals surface area contributed by atoms with E-state index in [-0.39, 0.29) is 5.92 Å². The van der Waals surface area contributed by atoms with Crippen molar-refractivity contribution in [3.63, 3.8) is 0 Å². The third kappa shape index (κ3) is 4.31. The largest absolute Gasteiger partial charge is 0.392 e. The standard InChI is InChI=1S/C30H51NO2/c1-6-21(19-31)27(32)13-8-20(3)24-11-12-25-23-10-9-22-18-30(33,7-2)17-16-28(22,4)26(23)14-15-29(24,25)5/h20-27,32-33H,6-18H2,1-5H3/t20-,21-,22+,23+,24-,25+,26+,27-,28+,29-,30+/m1/s1. The second kappa shape index (κ2) is 9.46. The van der Waals surface area contributed by atoms with E-state index < -0.39 is 11.7 Å². The summed E-state index contributed by atoms with van der Waals surface area (Å²) in [6, 6.07) is 2.30. The molecule has 3 nitrogen and oxygen atoms in total. The van der Waals surface area contributed by atoms with Gasteiger partial charge in [-0.2, -0.15) is 5.26 Å². The minimum absolute atomic E-state index is 0.212. The minimum atomic E-state index is -0.466. The molecule has 188 valence electrons. The summed E-state index contributed by atoms with van der Waals surface area (Å²) in [7, 11) is 0. The molecule has 0 bridgehead atoms. The Morgan fingerprint density at radius 3 is 2.33 bits per heavy atom. The van der Waals surface area contributed by atoms with Crippen LogP contribution in [0.15, 0.2) is 0 Å². The number of aliphatic hydroxyl groups is 2. The lowest BCUT2D eigenvalue weighted by molar-refractivity contribution is -0.152. The van der Waals surface area contributed by atoms with Gasteiger partial charge < -0.3 is 10.2 Å². The molecular weight excluding hydrogens is 406 g/mol. The molecule has 0 spiro atoms. The molecule has 0 aromatic carbocycles. The average Bonchev–Trinajstić information content (AvgIpc) is 3.16. The van der Waals surface area contributed by atoms with Crippen molar-refractivity contribution in [1.29, 1.82) is 5.26 Å². The van der Waals surface area contributed by atoms with Gasteiger partial charge in [-0.25, -0.2) is 0 Å². The van der Waals surface area contributed by atoms with Crippen LogP contribution in [0, 0.1) is 63.6 Å². The monoisotopic (exact) mass is 457 g/mol. The van der Waals surface area contributed by atoms with Gasteiger partial charge >= 0.3 is 0 Å². The van der Waals surface area contributed by atoms with Crippen LogP contribution >= 0.6 is 0 Å². The van der Waals surface area contributed by atoms with E-state index in [1.165, 1.54) is 44.9 Å². The van der Waals surface area contributed by atoms with E-state index in [1.807, 2.05) is 6.92 Å². The van der Waals surface area contributed by atoms with Crippen LogP contribution in [0.3, 0.4) is 0 Å². The van der Waals surface area contributed by atoms with E-state index >= 15 is 0 Å². The normalized spacial score (nSPS) is 47.5. The smallest absolute Gasteiger partial charge is 0.0720 e. The maximum atomic E-state index is 11.0. The van der Waals surface area contributed by atoms with Gasteiger partial charge in [0.1, 0.15) is 0 Å². The van der Waals surface area contributed by atoms with Gasteiger partial charge in [-0.15, -0.1) is 0 Å². The molecule has 0 amide bonds. The Morgan fingerprint density at radius 1 is 0.939 bits per heavy atom. The van der Waals surface area contributed by atoms with E-state index in [2.05, 4.69) is 33.8 Å². The molecule has 0 heterocycles. The second-order valence-electron chi connectivity index (χ2n) is 13.4. The van der Waals surface area contributed by atoms with Gasteiger partial charge in [0.05, 0.1) is 23.7 Å². The summed E-state index contributed by atoms with van der Waals surface area (Å²) in [5.74, 6) is 4.49. The summed E-state index contributed by atoms with van der Waals surface area (Å²) in [4.78, 5) is 0. The Labute approximate surface area is 203 Å². The first kappa shape index (κ1) is 25.5. The molecule has 0 saturated heterocycles. The van der Waals surface area contributed by atoms with Gasteiger partial charge in [-0.05, 0) is 130 Å². The van der Waals surface area contributed by atoms with Crippen LogP contribution in [0.25, 0.3) is 0 Å². The fourth-order valence-electron chi connectivity index (χ4n) is 9.90. The molecule has 4 fully saturated rings. The fourth-order valence-corrected chi connectivity index (χ4v) is 9.90. The van der Waals surface area contributed by atoms with Crippen LogP contribution < -0.4 is 0 Å². The molecule has 4 aliphatic rings. The zero-order valence-corrected chi connectivity index (χ0v) is 22.2. The topological polar surface area (TPSA) is 64.2 Å². The maximum absolute atomic E-state index is 11.0. The number of fused-ring (bicyclic) bond motifs is 5. The summed E-state index contributed by atoms with van der Waals surface area (Å²) in [5, 5.41) is 30.8. The van der Waals surface area contributed by atoms with E-state index in [9.17, 15) is 15.5 Å². The van der Waals surface area contributed by atoms with Crippen molar-refractivity contribution in [2.24, 2.45) is 52.3 Å². The Hall–Kier alpha value is -0.590. The predicted molar refractivity (Wildman–Crippen MR) is 134 cm³/mol. The number of hydrogen-bond acceptors (Lipinski definition) is 3. The Kier molecular flexibility index (Phi) is 7.31. The summed E-state index contributed by atoms with van der Waals surface area (Å²) < 4.78 is 0. The highest BCUT2D eigenvalue weighted by Crippen LogP contribution is 2.69. The molecule has 0 aromatic heterocycles. The number of nitriles is 1. The molecule has 0 unspecified atom stereocenters. The van der Waals surface area contributed by atoms with Crippen molar-refractivity contribution in [3.05, 3.63) is 0 Å². The van der Waals surface area contributed by atoms with Crippen LogP contribution in [-0.2, 0) is 0 Å². The average molecular weight is 458 g/mol. The van der Waals surface area contributed by atoms with Crippen molar-refractivity contribution in [1.82, 2.24) is 0 Å². The number of rotatable bonds is 7. The molecule has 3 heteroatoms. The van der Waals surface area contributed by atoms with Crippen molar-refractivity contribution in [2.75, 3.05) is 0 Å². The summed E-state index contributed by atoms with van der Waals surface area (Å²) in [5.41, 5.74) is 0.486. The second-order valence-corrected chi connectivity index (χ2v) is 13.4. The van der Waals surface area contributed by atoms with Crippen LogP contribution in [0.2, 0.25) is 0 Å². The summed E-state index contributed by atoms with van der Waals surface area (Å²) in [6.45, 7) is 11.8. The number of hydrogen-bond donors (Lipinski definition) is 2. The lowest BCUT2D eigenvalue weighted by Gasteiger charge is -2.62. The molecular formula is C30H51NO2. The fraction of sp³-hybridized carbons (Fsp3) is 0.967. The van der Waals surface area contributed by atoms with Crippen molar-refractivity contribution in [2.45, 2.75) is 130 Å². The third-order valence-electron chi connectivity index (χ3n) is 12.2. The zero-order valence-electron chi connectivity index (χ0n) is 22.2. The molecule has 11 atom stereocenters. The first-order chi connectivity index (χ1) is 15.6. The first-order valence-corrected chi connectivity index (χ1v) is 14.4. The molecule has 0 aromatic rings. The quantitative estimate of drug-likeness (QED) is 0.428. The van der Waals surface area contributed by atoms with Crippen LogP contribution in [-0.4, -0.2) is 21.9 Å². The van der Waals surface area contributed by atoms with Crippen LogP contribution in [0.5, 0.6) is 0 Å². The van der Waals surface area contributed by atoms with Crippen LogP contribution in [0.1, 0.15) is 118 Å². The van der Waals surface area contributed by atoms with Gasteiger partial charge in [0.15, 0.2) is 0 Å². The van der Waals surface area contributed by atoms with E-state index in [0.29, 0.717) is 22.7 Å². The zero-order chi connectivity index (χ0) is 24.0. The third-order valence-corrected chi connectivity index (χ3v) is 12.2. The highest BCUT2D eigenvalue weighted by Gasteiger charge is 2.61. The number of aliphatic hydroxyl groups excluding tert-OH is 1. The van der Waals surface area contributed by atoms with Gasteiger partial charge in [0.2, 0.25) is 0 Å². The molecule has 2 N–H and O–H groups in total. The minimum Gasteiger partial charge on any atom is -0.392 e. The molecule has 4 rings (SSSR count). The Bertz CT molecular complexity index is 731. The lowest BCUT2D eigenvalue weighted by atomic mass is 9.43. The highest BCUT2D eigenvalue weighted by atomic mass is 16.3. The van der Waals surface area contributed by atoms with Gasteiger partial charge in [-0.3, -0.25) is 0 Å². The van der Waals surface area contributed by atoms with Crippen LogP contribution in [0.4, 0.5) is 0 Å². The molecule has 4 saturated carbocycles. The predicted octanol–water partition coefficient (Wildman–Crippen LogP) is 7.11. The van der Waals surface area contributed by atoms with E-state index in [0.717, 1.165) is 62.2 Å². The Balaban J connectivity index is 1.43. The SMILES string of the molecule is CC[C@H](C#N)[C@H](O)CC[C@@H](C)[C@H]1CC[C@H]2[C@@H]3CC[C@H]4C[C@](O)(CC)CC[C@]4(C)[C@H]3CC[C@]12C. The lowest BCUT2D eigenvalue weighted by Crippen LogP contribution is -2.56. The maximum Gasteiger partial charge on any atom is 0.0720 e. The van der Waals surface area contributed by atoms with E-state index in [1.54, 1.807) is 0 Å². The van der Waals surface area contributed by atoms with Crippen molar-refractivity contribution < 1.29 is 10.2 Å². The Morgan fingerprint density at radius 2 is 1.67 bits per heavy atom. The van der Waals surface area contributed by atoms with Crippen molar-refractivity contribution >= 4 is 0 Å². The highest BCUT2D eigenvalue weighted by molar-refractivity contribution is 5.11. The van der Waals surface area contributed by atoms with Gasteiger partial charge in [0.25, 0.3) is 0 Å². The summed E-state index contributed by atoms with van der Waals surface area (Å²) in [6.07, 6.45) is 14.5. The molecule has 4 aliphatic carbocycles. The van der Waals surface area contributed by atoms with Gasteiger partial charge in [0, 0.05) is 0 Å². The first-order valence-electron chi connectivity index (χ1n) is 14.4. The van der Waals surface area contributed by atoms with Crippen molar-refractivity contribution in [3.8, 4) is 6.07 Å². The molecule has 0 radical (unpaired) electrons.